The van der Waals surface area contributed by atoms with Gasteiger partial charge in [-0.25, -0.2) is 0 Å². The molecule has 0 amide bonds. The number of para-hydroxylation sites is 1. The summed E-state index contributed by atoms with van der Waals surface area (Å²) in [4.78, 5) is 4.41. The highest BCUT2D eigenvalue weighted by atomic mass is 16.5. The molecule has 0 aliphatic rings. The molecule has 1 aromatic carbocycles. The van der Waals surface area contributed by atoms with E-state index in [-0.39, 0.29) is 0 Å². The maximum absolute atomic E-state index is 6.21. The van der Waals surface area contributed by atoms with E-state index in [4.69, 9.17) is 4.74 Å². The van der Waals surface area contributed by atoms with Gasteiger partial charge in [-0.3, -0.25) is 4.98 Å². The Morgan fingerprint density at radius 1 is 0.833 bits per heavy atom. The maximum atomic E-state index is 6.21. The van der Waals surface area contributed by atoms with Crippen LogP contribution in [0, 0.1) is 5.92 Å². The molecule has 0 spiro atoms. The van der Waals surface area contributed by atoms with Gasteiger partial charge in [-0.05, 0) is 48.4 Å². The van der Waals surface area contributed by atoms with Crippen molar-refractivity contribution in [1.82, 2.24) is 4.98 Å². The van der Waals surface area contributed by atoms with Crippen molar-refractivity contribution in [3.63, 3.8) is 0 Å². The van der Waals surface area contributed by atoms with E-state index in [9.17, 15) is 0 Å². The van der Waals surface area contributed by atoms with Gasteiger partial charge in [0.05, 0.1) is 6.61 Å². The number of rotatable bonds is 16. The number of pyridine rings is 1. The summed E-state index contributed by atoms with van der Waals surface area (Å²) in [6, 6.07) is 10.7. The first-order valence-electron chi connectivity index (χ1n) is 12.4. The van der Waals surface area contributed by atoms with E-state index in [1.165, 1.54) is 80.9 Å². The van der Waals surface area contributed by atoms with E-state index >= 15 is 0 Å². The summed E-state index contributed by atoms with van der Waals surface area (Å²) in [7, 11) is 0. The molecule has 1 unspecified atom stereocenters. The van der Waals surface area contributed by atoms with Gasteiger partial charge in [-0.1, -0.05) is 96.8 Å². The van der Waals surface area contributed by atoms with Gasteiger partial charge in [-0.2, -0.15) is 0 Å². The molecule has 1 heterocycles. The normalized spacial score (nSPS) is 12.1. The van der Waals surface area contributed by atoms with Crippen LogP contribution in [-0.4, -0.2) is 11.6 Å². The number of aryl methyl sites for hydroxylation is 1. The molecular formula is C28H43NO. The van der Waals surface area contributed by atoms with Crippen LogP contribution in [0.3, 0.4) is 0 Å². The van der Waals surface area contributed by atoms with E-state index < -0.39 is 0 Å². The molecule has 0 radical (unpaired) electrons. The number of aromatic nitrogens is 1. The molecule has 0 bridgehead atoms. The first-order valence-corrected chi connectivity index (χ1v) is 12.4. The molecule has 30 heavy (non-hydrogen) atoms. The van der Waals surface area contributed by atoms with Crippen molar-refractivity contribution in [2.45, 2.75) is 97.8 Å². The average Bonchev–Trinajstić information content (AvgIpc) is 2.78. The lowest BCUT2D eigenvalue weighted by Gasteiger charge is -2.15. The molecule has 0 aliphatic heterocycles. The van der Waals surface area contributed by atoms with Gasteiger partial charge in [0.1, 0.15) is 5.75 Å². The van der Waals surface area contributed by atoms with Crippen molar-refractivity contribution >= 4 is 0 Å². The maximum Gasteiger partial charge on any atom is 0.127 e. The molecule has 0 saturated carbocycles. The molecule has 2 heteroatoms. The Bertz CT molecular complexity index is 697. The molecule has 2 nitrogen and oxygen atoms in total. The number of benzene rings is 1. The van der Waals surface area contributed by atoms with E-state index in [2.05, 4.69) is 62.3 Å². The molecule has 0 saturated heterocycles. The van der Waals surface area contributed by atoms with Crippen LogP contribution >= 0.6 is 0 Å². The fourth-order valence-electron chi connectivity index (χ4n) is 3.96. The molecular weight excluding hydrogens is 366 g/mol. The summed E-state index contributed by atoms with van der Waals surface area (Å²) in [6.07, 6.45) is 19.3. The molecule has 0 aliphatic carbocycles. The molecule has 2 rings (SSSR count). The van der Waals surface area contributed by atoms with Crippen LogP contribution in [0.5, 0.6) is 5.75 Å². The minimum Gasteiger partial charge on any atom is -0.493 e. The number of hydrogen-bond acceptors (Lipinski definition) is 2. The summed E-state index contributed by atoms with van der Waals surface area (Å²) in [5.74, 6) is 1.87. The zero-order valence-electron chi connectivity index (χ0n) is 19.7. The summed E-state index contributed by atoms with van der Waals surface area (Å²) in [5, 5.41) is 0. The molecule has 1 aromatic heterocycles. The van der Waals surface area contributed by atoms with Crippen molar-refractivity contribution in [2.24, 2.45) is 5.92 Å². The number of hydrogen-bond donors (Lipinski definition) is 0. The van der Waals surface area contributed by atoms with Gasteiger partial charge in [0.15, 0.2) is 0 Å². The van der Waals surface area contributed by atoms with Crippen LogP contribution in [0.15, 0.2) is 42.7 Å². The largest absolute Gasteiger partial charge is 0.493 e. The molecule has 2 aromatic rings. The van der Waals surface area contributed by atoms with Gasteiger partial charge in [0.2, 0.25) is 0 Å². The summed E-state index contributed by atoms with van der Waals surface area (Å²) in [6.45, 7) is 7.72. The highest BCUT2D eigenvalue weighted by molar-refractivity contribution is 5.72. The average molecular weight is 410 g/mol. The predicted molar refractivity (Wildman–Crippen MR) is 130 cm³/mol. The van der Waals surface area contributed by atoms with E-state index in [0.717, 1.165) is 31.1 Å². The topological polar surface area (TPSA) is 22.1 Å². The minimum absolute atomic E-state index is 0.805. The fourth-order valence-corrected chi connectivity index (χ4v) is 3.96. The monoisotopic (exact) mass is 409 g/mol. The van der Waals surface area contributed by atoms with Crippen molar-refractivity contribution < 1.29 is 4.74 Å². The zero-order chi connectivity index (χ0) is 21.4. The third-order valence-electron chi connectivity index (χ3n) is 6.18. The lowest BCUT2D eigenvalue weighted by molar-refractivity contribution is 0.305. The summed E-state index contributed by atoms with van der Waals surface area (Å²) in [5.41, 5.74) is 3.84. The summed E-state index contributed by atoms with van der Waals surface area (Å²) >= 11 is 0. The Morgan fingerprint density at radius 3 is 2.43 bits per heavy atom. The third kappa shape index (κ3) is 8.90. The number of nitrogens with zero attached hydrogens (tertiary/aromatic N) is 1. The quantitative estimate of drug-likeness (QED) is 0.259. The van der Waals surface area contributed by atoms with Gasteiger partial charge in [-0.15, -0.1) is 0 Å². The first-order chi connectivity index (χ1) is 14.8. The van der Waals surface area contributed by atoms with Gasteiger partial charge >= 0.3 is 0 Å². The SMILES string of the molecule is CCCCCCCCOc1ccccc1-c1ccncc1CCCCCC(C)CC. The second-order valence-corrected chi connectivity index (χ2v) is 8.76. The van der Waals surface area contributed by atoms with Crippen LogP contribution in [-0.2, 0) is 6.42 Å². The Kier molecular flexibility index (Phi) is 12.3. The lowest BCUT2D eigenvalue weighted by atomic mass is 9.95. The van der Waals surface area contributed by atoms with Crippen LogP contribution in [0.25, 0.3) is 11.1 Å². The summed E-state index contributed by atoms with van der Waals surface area (Å²) < 4.78 is 6.21. The van der Waals surface area contributed by atoms with Gasteiger partial charge < -0.3 is 4.74 Å². The van der Waals surface area contributed by atoms with Crippen molar-refractivity contribution in [1.29, 1.82) is 0 Å². The molecule has 0 N–H and O–H groups in total. The predicted octanol–water partition coefficient (Wildman–Crippen LogP) is 8.64. The van der Waals surface area contributed by atoms with E-state index in [1.54, 1.807) is 0 Å². The highest BCUT2D eigenvalue weighted by Crippen LogP contribution is 2.33. The van der Waals surface area contributed by atoms with Crippen molar-refractivity contribution in [2.75, 3.05) is 6.61 Å². The lowest BCUT2D eigenvalue weighted by Crippen LogP contribution is -2.00. The van der Waals surface area contributed by atoms with Crippen LogP contribution in [0.1, 0.15) is 97.0 Å². The smallest absolute Gasteiger partial charge is 0.127 e. The highest BCUT2D eigenvalue weighted by Gasteiger charge is 2.11. The second kappa shape index (κ2) is 15.0. The standard InChI is InChI=1S/C28H43NO/c1-4-6-7-8-9-15-22-30-28-19-14-13-18-27(28)26-20-21-29-23-25(26)17-12-10-11-16-24(3)5-2/h13-14,18-21,23-24H,4-12,15-17,22H2,1-3H3. The zero-order valence-corrected chi connectivity index (χ0v) is 19.7. The molecule has 1 atom stereocenters. The molecule has 166 valence electrons. The minimum atomic E-state index is 0.805. The Labute approximate surface area is 185 Å². The first kappa shape index (κ1) is 24.4. The van der Waals surface area contributed by atoms with Crippen LogP contribution in [0.2, 0.25) is 0 Å². The van der Waals surface area contributed by atoms with Crippen molar-refractivity contribution in [3.8, 4) is 16.9 Å². The Morgan fingerprint density at radius 2 is 1.60 bits per heavy atom. The Hall–Kier alpha value is -1.83. The van der Waals surface area contributed by atoms with Crippen LogP contribution in [0.4, 0.5) is 0 Å². The van der Waals surface area contributed by atoms with E-state index in [0.29, 0.717) is 0 Å². The number of ether oxygens (including phenoxy) is 1. The number of unbranched alkanes of at least 4 members (excludes halogenated alkanes) is 7. The Balaban J connectivity index is 1.90. The van der Waals surface area contributed by atoms with Crippen LogP contribution < -0.4 is 4.74 Å². The second-order valence-electron chi connectivity index (χ2n) is 8.76. The van der Waals surface area contributed by atoms with Gasteiger partial charge in [0, 0.05) is 18.0 Å². The van der Waals surface area contributed by atoms with Gasteiger partial charge in [0.25, 0.3) is 0 Å². The fraction of sp³-hybridized carbons (Fsp3) is 0.607. The van der Waals surface area contributed by atoms with Crippen molar-refractivity contribution in [3.05, 3.63) is 48.3 Å². The van der Waals surface area contributed by atoms with E-state index in [1.807, 2.05) is 6.20 Å². The third-order valence-corrected chi connectivity index (χ3v) is 6.18. The molecule has 0 fully saturated rings.